The molecule has 0 heterocycles. The lowest BCUT2D eigenvalue weighted by atomic mass is 9.65. The van der Waals surface area contributed by atoms with E-state index in [1.165, 1.54) is 63.4 Å². The highest BCUT2D eigenvalue weighted by Crippen LogP contribution is 2.80. The van der Waals surface area contributed by atoms with Crippen molar-refractivity contribution in [3.63, 3.8) is 0 Å². The zero-order valence-electron chi connectivity index (χ0n) is 26.8. The fourth-order valence-corrected chi connectivity index (χ4v) is 9.84. The first kappa shape index (κ1) is 29.9. The first-order valence-corrected chi connectivity index (χ1v) is 16.6. The van der Waals surface area contributed by atoms with Crippen molar-refractivity contribution >= 4 is 0 Å². The van der Waals surface area contributed by atoms with Crippen LogP contribution in [0.2, 0.25) is 0 Å². The van der Waals surface area contributed by atoms with Gasteiger partial charge < -0.3 is 0 Å². The van der Waals surface area contributed by atoms with Crippen LogP contribution in [-0.4, -0.2) is 0 Å². The molecule has 4 aliphatic carbocycles. The summed E-state index contributed by atoms with van der Waals surface area (Å²) in [6.45, 7) is 30.9. The Morgan fingerprint density at radius 2 is 1.84 bits per heavy atom. The van der Waals surface area contributed by atoms with Crippen LogP contribution in [0, 0.1) is 70.0 Å². The van der Waals surface area contributed by atoms with Crippen molar-refractivity contribution in [3.05, 3.63) is 48.1 Å². The van der Waals surface area contributed by atoms with Crippen LogP contribution in [0.3, 0.4) is 0 Å². The molecule has 4 rings (SSSR count). The van der Waals surface area contributed by atoms with Crippen LogP contribution in [0.5, 0.6) is 0 Å². The number of hydrogen-bond acceptors (Lipinski definition) is 0. The topological polar surface area (TPSA) is 0 Å². The highest BCUT2D eigenvalue weighted by Gasteiger charge is 2.74. The van der Waals surface area contributed by atoms with Crippen LogP contribution < -0.4 is 0 Å². The van der Waals surface area contributed by atoms with Gasteiger partial charge in [0.2, 0.25) is 0 Å². The molecular formula is C38H62. The third-order valence-electron chi connectivity index (χ3n) is 13.1. The molecule has 0 aliphatic heterocycles. The zero-order valence-corrected chi connectivity index (χ0v) is 26.8. The third-order valence-corrected chi connectivity index (χ3v) is 13.1. The van der Waals surface area contributed by atoms with Crippen molar-refractivity contribution in [1.29, 1.82) is 0 Å². The van der Waals surface area contributed by atoms with E-state index in [-0.39, 0.29) is 0 Å². The maximum atomic E-state index is 4.48. The third kappa shape index (κ3) is 5.59. The van der Waals surface area contributed by atoms with Crippen molar-refractivity contribution in [2.75, 3.05) is 0 Å². The summed E-state index contributed by atoms with van der Waals surface area (Å²) >= 11 is 0. The van der Waals surface area contributed by atoms with Crippen molar-refractivity contribution in [1.82, 2.24) is 0 Å². The van der Waals surface area contributed by atoms with Crippen molar-refractivity contribution in [2.45, 2.75) is 120 Å². The standard InChI is InChI=1S/C38H62/c1-12-19-37(10,13-2)34-23-31(34)21-27(7)26(6)20-30(24(3)4)16-14-15-25(5)32-17-18-33-29(9)36-35(22-28(32)8)38(33,36)11/h14-16,26-28,30-36H,3,9,12-13,17-23H2,1-2,4-8,10-11H3. The van der Waals surface area contributed by atoms with Gasteiger partial charge in [-0.3, -0.25) is 0 Å². The number of fused-ring (bicyclic) bond motifs is 1. The summed E-state index contributed by atoms with van der Waals surface area (Å²) < 4.78 is 0. The van der Waals surface area contributed by atoms with E-state index in [2.05, 4.69) is 93.7 Å². The van der Waals surface area contributed by atoms with Crippen molar-refractivity contribution in [3.8, 4) is 0 Å². The fraction of sp³-hybridized carbons (Fsp3) is 0.789. The molecule has 0 bridgehead atoms. The predicted molar refractivity (Wildman–Crippen MR) is 168 cm³/mol. The lowest BCUT2D eigenvalue weighted by Gasteiger charge is -2.39. The van der Waals surface area contributed by atoms with Gasteiger partial charge in [0.15, 0.2) is 0 Å². The van der Waals surface area contributed by atoms with Crippen LogP contribution in [0.1, 0.15) is 120 Å². The summed E-state index contributed by atoms with van der Waals surface area (Å²) in [6, 6.07) is 0. The molecule has 0 heteroatoms. The molecule has 38 heavy (non-hydrogen) atoms. The highest BCUT2D eigenvalue weighted by atomic mass is 14.8. The Morgan fingerprint density at radius 1 is 1.13 bits per heavy atom. The minimum absolute atomic E-state index is 0.491. The minimum Gasteiger partial charge on any atom is -0.0995 e. The Kier molecular flexibility index (Phi) is 9.02. The van der Waals surface area contributed by atoms with Gasteiger partial charge in [-0.25, -0.2) is 0 Å². The molecule has 0 amide bonds. The van der Waals surface area contributed by atoms with Gasteiger partial charge in [-0.15, -0.1) is 0 Å². The Labute approximate surface area is 237 Å². The largest absolute Gasteiger partial charge is 0.0995 e. The molecule has 0 aromatic carbocycles. The van der Waals surface area contributed by atoms with Crippen LogP contribution in [0.4, 0.5) is 0 Å². The molecule has 4 aliphatic rings. The molecule has 214 valence electrons. The number of allylic oxidation sites excluding steroid dienone is 6. The first-order valence-electron chi connectivity index (χ1n) is 16.6. The second-order valence-electron chi connectivity index (χ2n) is 15.5. The van der Waals surface area contributed by atoms with Gasteiger partial charge in [0.25, 0.3) is 0 Å². The quantitative estimate of drug-likeness (QED) is 0.168. The lowest BCUT2D eigenvalue weighted by molar-refractivity contribution is 0.197. The number of hydrogen-bond donors (Lipinski definition) is 0. The van der Waals surface area contributed by atoms with Gasteiger partial charge in [-0.1, -0.05) is 109 Å². The average Bonchev–Trinajstić information content (AvgIpc) is 3.73. The molecule has 12 unspecified atom stereocenters. The molecule has 0 radical (unpaired) electrons. The van der Waals surface area contributed by atoms with Crippen LogP contribution >= 0.6 is 0 Å². The molecule has 4 saturated carbocycles. The van der Waals surface area contributed by atoms with Gasteiger partial charge in [0.1, 0.15) is 0 Å². The molecule has 4 fully saturated rings. The molecule has 0 spiro atoms. The predicted octanol–water partition coefficient (Wildman–Crippen LogP) is 11.5. The Hall–Kier alpha value is -1.04. The summed E-state index contributed by atoms with van der Waals surface area (Å²) in [5.74, 6) is 8.07. The molecular weight excluding hydrogens is 456 g/mol. The molecule has 0 aromatic rings. The van der Waals surface area contributed by atoms with E-state index in [4.69, 9.17) is 0 Å². The summed E-state index contributed by atoms with van der Waals surface area (Å²) in [5, 5.41) is 0. The monoisotopic (exact) mass is 518 g/mol. The zero-order chi connectivity index (χ0) is 28.0. The Bertz CT molecular complexity index is 932. The normalized spacial score (nSPS) is 40.3. The molecule has 0 saturated heterocycles. The molecule has 0 aromatic heterocycles. The van der Waals surface area contributed by atoms with E-state index in [9.17, 15) is 0 Å². The highest BCUT2D eigenvalue weighted by molar-refractivity contribution is 5.40. The van der Waals surface area contributed by atoms with Gasteiger partial charge in [-0.05, 0) is 129 Å². The molecule has 0 N–H and O–H groups in total. The first-order chi connectivity index (χ1) is 17.9. The van der Waals surface area contributed by atoms with Gasteiger partial charge in [0, 0.05) is 0 Å². The summed E-state index contributed by atoms with van der Waals surface area (Å²) in [4.78, 5) is 0. The van der Waals surface area contributed by atoms with Crippen molar-refractivity contribution < 1.29 is 0 Å². The van der Waals surface area contributed by atoms with E-state index in [0.29, 0.717) is 16.7 Å². The smallest absolute Gasteiger partial charge is 0.00230 e. The van der Waals surface area contributed by atoms with Gasteiger partial charge in [0.05, 0.1) is 0 Å². The van der Waals surface area contributed by atoms with E-state index < -0.39 is 0 Å². The summed E-state index contributed by atoms with van der Waals surface area (Å²) in [7, 11) is 0. The van der Waals surface area contributed by atoms with Crippen LogP contribution in [0.15, 0.2) is 48.1 Å². The Morgan fingerprint density at radius 3 is 2.47 bits per heavy atom. The summed E-state index contributed by atoms with van der Waals surface area (Å²) in [6.07, 6.45) is 19.6. The molecule has 0 nitrogen and oxygen atoms in total. The van der Waals surface area contributed by atoms with Crippen molar-refractivity contribution in [2.24, 2.45) is 70.0 Å². The second kappa shape index (κ2) is 11.4. The Balaban J connectivity index is 1.30. The van der Waals surface area contributed by atoms with Gasteiger partial charge >= 0.3 is 0 Å². The molecule has 12 atom stereocenters. The average molecular weight is 519 g/mol. The van der Waals surface area contributed by atoms with E-state index in [1.807, 2.05) is 0 Å². The van der Waals surface area contributed by atoms with Crippen LogP contribution in [-0.2, 0) is 0 Å². The lowest BCUT2D eigenvalue weighted by Crippen LogP contribution is -2.31. The van der Waals surface area contributed by atoms with E-state index in [0.717, 1.165) is 53.3 Å². The van der Waals surface area contributed by atoms with Crippen LogP contribution in [0.25, 0.3) is 0 Å². The second-order valence-corrected chi connectivity index (χ2v) is 15.5. The SMILES string of the molecule is C=C(C)C(C=CC=C(C)C1CCC2C(=C)C3C(CC1C)C23C)CC(C)C(C)CC1CC1C(C)(CC)CCC. The maximum absolute atomic E-state index is 4.48. The maximum Gasteiger partial charge on any atom is -0.00230 e. The van der Waals surface area contributed by atoms with E-state index in [1.54, 1.807) is 11.1 Å². The summed E-state index contributed by atoms with van der Waals surface area (Å²) in [5.41, 5.74) is 5.71. The fourth-order valence-electron chi connectivity index (χ4n) is 9.84. The van der Waals surface area contributed by atoms with Gasteiger partial charge in [-0.2, -0.15) is 0 Å². The van der Waals surface area contributed by atoms with E-state index >= 15 is 0 Å². The minimum atomic E-state index is 0.491. The number of rotatable bonds is 13.